The molecule has 1 amide bonds. The molecule has 0 saturated carbocycles. The van der Waals surface area contributed by atoms with Crippen molar-refractivity contribution < 1.29 is 49.3 Å². The molecule has 81 heavy (non-hydrogen) atoms. The highest BCUT2D eigenvalue weighted by molar-refractivity contribution is 5.80. The molecule has 6 N–H and O–H groups in total. The summed E-state index contributed by atoms with van der Waals surface area (Å²) < 4.78 is 17.6. The van der Waals surface area contributed by atoms with E-state index >= 15 is 0 Å². The number of carbonyl (C=O) groups excluding carboxylic acids is 2. The third kappa shape index (κ3) is 43.8. The number of hydrogen-bond acceptors (Lipinski definition) is 10. The van der Waals surface area contributed by atoms with Gasteiger partial charge in [-0.25, -0.2) is 0 Å². The Kier molecular flexibility index (Phi) is 51.6. The third-order valence-electron chi connectivity index (χ3n) is 13.7. The van der Waals surface area contributed by atoms with Crippen LogP contribution in [-0.4, -0.2) is 99.6 Å². The quantitative estimate of drug-likeness (QED) is 0.0195. The van der Waals surface area contributed by atoms with Gasteiger partial charge in [-0.15, -0.1) is 0 Å². The van der Waals surface area contributed by atoms with Gasteiger partial charge in [0, 0.05) is 6.42 Å². The molecule has 458 valence electrons. The first-order valence-corrected chi connectivity index (χ1v) is 31.6. The fourth-order valence-electron chi connectivity index (χ4n) is 8.80. The summed E-state index contributed by atoms with van der Waals surface area (Å²) in [6.45, 7) is 5.49. The van der Waals surface area contributed by atoms with Crippen LogP contribution in [0.3, 0.4) is 0 Å². The summed E-state index contributed by atoms with van der Waals surface area (Å²) in [6, 6.07) is -1.07. The van der Waals surface area contributed by atoms with Gasteiger partial charge in [-0.2, -0.15) is 0 Å². The Morgan fingerprint density at radius 1 is 0.494 bits per heavy atom. The van der Waals surface area contributed by atoms with Crippen LogP contribution < -0.4 is 5.32 Å². The standard InChI is InChI=1S/C70H113NO10/c1-4-7-10-13-16-19-22-24-26-28-29-30-31-32-33-34-35-36-38-40-43-46-49-52-55-58-65(75)81-68-67(77)66(76)64(59-72)80-70(68)79-60-61(62(73)56-53-50-47-44-41-21-18-15-12-9-6-3)71-69(78)63(74)57-54-51-48-45-42-39-37-27-25-23-20-17-14-11-8-5-2/h7-8,10-11,16-17,19-20,24-27,29-30,32-33,35-36,39,42,48,51,53,56,61-64,66-68,70,72-74,76-77H,4-6,9,12-15,18,21-23,28,31,34,37-38,40-41,43-47,49-50,52,54-55,57-60H2,1-3H3,(H,71,78)/b10-7-,11-8-,19-16-,20-17-,26-24-,27-25-,30-29-,33-32-,36-35-,42-39-,51-48-,56-53+. The first-order chi connectivity index (χ1) is 39.7. The number of ether oxygens (including phenoxy) is 3. The molecular weight excluding hydrogens is 1010 g/mol. The van der Waals surface area contributed by atoms with E-state index < -0.39 is 67.4 Å². The zero-order chi connectivity index (χ0) is 58.9. The number of unbranched alkanes of at least 4 members (excludes halogenated alkanes) is 15. The van der Waals surface area contributed by atoms with E-state index in [9.17, 15) is 35.1 Å². The van der Waals surface area contributed by atoms with Gasteiger partial charge in [0.1, 0.15) is 24.4 Å². The maximum Gasteiger partial charge on any atom is 0.306 e. The van der Waals surface area contributed by atoms with Gasteiger partial charge in [0.25, 0.3) is 0 Å². The molecule has 0 aromatic rings. The normalized spacial score (nSPS) is 19.7. The number of aliphatic hydroxyl groups excluding tert-OH is 5. The maximum atomic E-state index is 13.4. The van der Waals surface area contributed by atoms with Gasteiger partial charge in [-0.1, -0.05) is 244 Å². The molecule has 1 heterocycles. The molecule has 0 bridgehead atoms. The molecule has 0 spiro atoms. The minimum atomic E-state index is -1.64. The lowest BCUT2D eigenvalue weighted by Gasteiger charge is -2.41. The second-order valence-corrected chi connectivity index (χ2v) is 21.0. The van der Waals surface area contributed by atoms with E-state index in [1.54, 1.807) is 6.08 Å². The van der Waals surface area contributed by atoms with Crippen LogP contribution in [0.1, 0.15) is 220 Å². The average Bonchev–Trinajstić information content (AvgIpc) is 3.52. The third-order valence-corrected chi connectivity index (χ3v) is 13.7. The molecule has 1 fully saturated rings. The molecule has 11 nitrogen and oxygen atoms in total. The van der Waals surface area contributed by atoms with Crippen LogP contribution in [0.4, 0.5) is 0 Å². The molecule has 0 aliphatic carbocycles. The van der Waals surface area contributed by atoms with E-state index in [1.165, 1.54) is 38.5 Å². The lowest BCUT2D eigenvalue weighted by atomic mass is 9.99. The Labute approximate surface area is 492 Å². The summed E-state index contributed by atoms with van der Waals surface area (Å²) in [7, 11) is 0. The number of allylic oxidation sites excluding steroid dienone is 23. The Hall–Kier alpha value is -4.46. The molecule has 0 radical (unpaired) electrons. The molecule has 8 unspecified atom stereocenters. The van der Waals surface area contributed by atoms with Gasteiger partial charge < -0.3 is 45.1 Å². The van der Waals surface area contributed by atoms with Crippen LogP contribution in [0.2, 0.25) is 0 Å². The largest absolute Gasteiger partial charge is 0.454 e. The second-order valence-electron chi connectivity index (χ2n) is 21.0. The minimum Gasteiger partial charge on any atom is -0.454 e. The second kappa shape index (κ2) is 56.0. The van der Waals surface area contributed by atoms with Crippen molar-refractivity contribution in [3.8, 4) is 0 Å². The van der Waals surface area contributed by atoms with E-state index in [4.69, 9.17) is 14.2 Å². The van der Waals surface area contributed by atoms with Crippen molar-refractivity contribution in [2.75, 3.05) is 13.2 Å². The fourth-order valence-corrected chi connectivity index (χ4v) is 8.80. The predicted octanol–water partition coefficient (Wildman–Crippen LogP) is 15.4. The minimum absolute atomic E-state index is 0.0899. The molecule has 11 heteroatoms. The molecule has 1 saturated heterocycles. The van der Waals surface area contributed by atoms with Gasteiger partial charge >= 0.3 is 5.97 Å². The Bertz CT molecular complexity index is 1870. The molecule has 0 aromatic carbocycles. The van der Waals surface area contributed by atoms with Crippen LogP contribution in [0, 0.1) is 0 Å². The summed E-state index contributed by atoms with van der Waals surface area (Å²) in [4.78, 5) is 26.5. The Morgan fingerprint density at radius 3 is 1.33 bits per heavy atom. The zero-order valence-corrected chi connectivity index (χ0v) is 50.6. The first kappa shape index (κ1) is 74.6. The summed E-state index contributed by atoms with van der Waals surface area (Å²) in [5.41, 5.74) is 0. The maximum absolute atomic E-state index is 13.4. The number of amides is 1. The molecule has 1 aliphatic heterocycles. The molecule has 0 aromatic heterocycles. The Balaban J connectivity index is 2.67. The number of aliphatic hydroxyl groups is 5. The number of nitrogens with one attached hydrogen (secondary N) is 1. The van der Waals surface area contributed by atoms with Crippen molar-refractivity contribution >= 4 is 11.9 Å². The van der Waals surface area contributed by atoms with Crippen LogP contribution in [0.25, 0.3) is 0 Å². The smallest absolute Gasteiger partial charge is 0.306 e. The predicted molar refractivity (Wildman–Crippen MR) is 337 cm³/mol. The van der Waals surface area contributed by atoms with E-state index in [0.29, 0.717) is 12.8 Å². The van der Waals surface area contributed by atoms with Gasteiger partial charge in [0.15, 0.2) is 12.4 Å². The summed E-state index contributed by atoms with van der Waals surface area (Å²) >= 11 is 0. The molecule has 1 rings (SSSR count). The number of hydrogen-bond donors (Lipinski definition) is 6. The van der Waals surface area contributed by atoms with Crippen molar-refractivity contribution in [2.45, 2.75) is 269 Å². The number of rotatable bonds is 51. The van der Waals surface area contributed by atoms with Crippen LogP contribution in [-0.2, 0) is 23.8 Å². The van der Waals surface area contributed by atoms with E-state index in [-0.39, 0.29) is 19.4 Å². The van der Waals surface area contributed by atoms with Crippen LogP contribution >= 0.6 is 0 Å². The number of esters is 1. The zero-order valence-electron chi connectivity index (χ0n) is 50.6. The lowest BCUT2D eigenvalue weighted by Crippen LogP contribution is -2.61. The average molecular weight is 1130 g/mol. The van der Waals surface area contributed by atoms with Gasteiger partial charge in [0.05, 0.1) is 25.4 Å². The van der Waals surface area contributed by atoms with Crippen molar-refractivity contribution in [2.24, 2.45) is 0 Å². The fraction of sp³-hybridized carbons (Fsp3) is 0.629. The molecular formula is C70H113NO10. The molecule has 1 aliphatic rings. The van der Waals surface area contributed by atoms with Crippen LogP contribution in [0.15, 0.2) is 146 Å². The highest BCUT2D eigenvalue weighted by Gasteiger charge is 2.47. The summed E-state index contributed by atoms with van der Waals surface area (Å²) in [5.74, 6) is -1.29. The van der Waals surface area contributed by atoms with Gasteiger partial charge in [-0.3, -0.25) is 9.59 Å². The highest BCUT2D eigenvalue weighted by Crippen LogP contribution is 2.26. The highest BCUT2D eigenvalue weighted by atomic mass is 16.7. The summed E-state index contributed by atoms with van der Waals surface area (Å²) in [6.07, 6.45) is 70.4. The molecule has 8 atom stereocenters. The van der Waals surface area contributed by atoms with Gasteiger partial charge in [0.2, 0.25) is 5.91 Å². The SMILES string of the molecule is CC/C=C\C/C=C\C/C=C\C/C=C\C/C=C\C/C=C\CCCCCCCCC(=O)OC1C(OCC(NC(=O)C(O)CC/C=C\C/C=C\C/C=C\C/C=C\C/C=C\CC)C(O)/C=C/CCCCCCCCCCC)OC(CO)C(O)C1O. The van der Waals surface area contributed by atoms with Crippen molar-refractivity contribution in [1.29, 1.82) is 0 Å². The van der Waals surface area contributed by atoms with E-state index in [2.05, 4.69) is 148 Å². The Morgan fingerprint density at radius 2 is 0.889 bits per heavy atom. The van der Waals surface area contributed by atoms with Crippen molar-refractivity contribution in [3.63, 3.8) is 0 Å². The summed E-state index contributed by atoms with van der Waals surface area (Å²) in [5, 5.41) is 56.9. The number of carbonyl (C=O) groups is 2. The van der Waals surface area contributed by atoms with Crippen molar-refractivity contribution in [3.05, 3.63) is 146 Å². The van der Waals surface area contributed by atoms with Gasteiger partial charge in [-0.05, 0) is 116 Å². The van der Waals surface area contributed by atoms with E-state index in [0.717, 1.165) is 135 Å². The topological polar surface area (TPSA) is 175 Å². The van der Waals surface area contributed by atoms with Crippen molar-refractivity contribution in [1.82, 2.24) is 5.32 Å². The first-order valence-electron chi connectivity index (χ1n) is 31.6. The van der Waals surface area contributed by atoms with Crippen LogP contribution in [0.5, 0.6) is 0 Å². The monoisotopic (exact) mass is 1130 g/mol. The van der Waals surface area contributed by atoms with E-state index in [1.807, 2.05) is 18.2 Å². The lowest BCUT2D eigenvalue weighted by molar-refractivity contribution is -0.305.